The normalized spacial score (nSPS) is 9.12. The lowest BCUT2D eigenvalue weighted by Crippen LogP contribution is -2.28. The van der Waals surface area contributed by atoms with E-state index in [1.807, 2.05) is 0 Å². The van der Waals surface area contributed by atoms with Gasteiger partial charge in [-0.1, -0.05) is 0 Å². The molecule has 8 heavy (non-hydrogen) atoms. The summed E-state index contributed by atoms with van der Waals surface area (Å²) in [5.74, 6) is 0. The SMILES string of the molecule is NC(=O)NO[SH](=O)=O. The van der Waals surface area contributed by atoms with Crippen LogP contribution in [-0.2, 0) is 15.3 Å². The lowest BCUT2D eigenvalue weighted by molar-refractivity contribution is 0.194. The van der Waals surface area contributed by atoms with Crippen LogP contribution in [-0.4, -0.2) is 14.4 Å². The average molecular weight is 140 g/mol. The molecular weight excluding hydrogens is 136 g/mol. The van der Waals surface area contributed by atoms with E-state index in [-0.39, 0.29) is 0 Å². The summed E-state index contributed by atoms with van der Waals surface area (Å²) in [6.45, 7) is 0. The lowest BCUT2D eigenvalue weighted by Gasteiger charge is -1.89. The van der Waals surface area contributed by atoms with Crippen molar-refractivity contribution >= 4 is 17.0 Å². The third kappa shape index (κ3) is 5.18. The maximum atomic E-state index is 9.62. The van der Waals surface area contributed by atoms with Gasteiger partial charge in [-0.25, -0.2) is 13.2 Å². The summed E-state index contributed by atoms with van der Waals surface area (Å²) in [6, 6.07) is -1.05. The number of nitrogens with one attached hydrogen (secondary N) is 1. The Labute approximate surface area is 46.7 Å². The van der Waals surface area contributed by atoms with Gasteiger partial charge in [-0.15, -0.1) is 4.28 Å². The molecule has 0 fully saturated rings. The van der Waals surface area contributed by atoms with Crippen molar-refractivity contribution in [1.82, 2.24) is 5.48 Å². The molecule has 6 nitrogen and oxygen atoms in total. The van der Waals surface area contributed by atoms with Gasteiger partial charge >= 0.3 is 6.03 Å². The predicted octanol–water partition coefficient (Wildman–Crippen LogP) is -1.89. The van der Waals surface area contributed by atoms with Gasteiger partial charge in [0, 0.05) is 0 Å². The molecule has 0 spiro atoms. The molecule has 0 radical (unpaired) electrons. The summed E-state index contributed by atoms with van der Waals surface area (Å²) in [4.78, 5) is 9.62. The van der Waals surface area contributed by atoms with Gasteiger partial charge < -0.3 is 5.73 Å². The Morgan fingerprint density at radius 3 is 2.25 bits per heavy atom. The van der Waals surface area contributed by atoms with Crippen LogP contribution in [0, 0.1) is 0 Å². The fourth-order valence-electron chi connectivity index (χ4n) is 0.0823. The maximum absolute atomic E-state index is 9.62. The van der Waals surface area contributed by atoms with Crippen molar-refractivity contribution in [3.05, 3.63) is 0 Å². The molecule has 2 amide bonds. The van der Waals surface area contributed by atoms with E-state index in [0.717, 1.165) is 0 Å². The smallest absolute Gasteiger partial charge is 0.337 e. The minimum Gasteiger partial charge on any atom is -0.350 e. The van der Waals surface area contributed by atoms with Gasteiger partial charge in [-0.05, 0) is 0 Å². The zero-order valence-electron chi connectivity index (χ0n) is 3.66. The number of nitrogens with two attached hydrogens (primary N) is 1. The first-order valence-corrected chi connectivity index (χ1v) is 2.59. The van der Waals surface area contributed by atoms with Crippen LogP contribution < -0.4 is 11.2 Å². The van der Waals surface area contributed by atoms with Crippen LogP contribution in [0.25, 0.3) is 0 Å². The average Bonchev–Trinajstić information content (AvgIpc) is 1.61. The van der Waals surface area contributed by atoms with E-state index in [4.69, 9.17) is 0 Å². The maximum Gasteiger partial charge on any atom is 0.337 e. The van der Waals surface area contributed by atoms with Crippen molar-refractivity contribution in [2.45, 2.75) is 0 Å². The number of carbonyl (C=O) groups is 1. The number of rotatable bonds is 2. The summed E-state index contributed by atoms with van der Waals surface area (Å²) in [6.07, 6.45) is 0. The van der Waals surface area contributed by atoms with Crippen LogP contribution in [0.1, 0.15) is 0 Å². The standard InChI is InChI=1S/CH4N2O4S/c2-1(4)3-7-8(5)6/h8H,(H3,2,3,4). The van der Waals surface area contributed by atoms with Crippen LogP contribution in [0.3, 0.4) is 0 Å². The lowest BCUT2D eigenvalue weighted by atomic mass is 11.2. The number of primary amides is 1. The molecule has 0 heterocycles. The van der Waals surface area contributed by atoms with Gasteiger partial charge in [0.2, 0.25) is 0 Å². The van der Waals surface area contributed by atoms with E-state index >= 15 is 0 Å². The molecule has 0 unspecified atom stereocenters. The quantitative estimate of drug-likeness (QED) is 0.308. The summed E-state index contributed by atoms with van der Waals surface area (Å²) >= 11 is 0. The molecule has 7 heteroatoms. The highest BCUT2D eigenvalue weighted by atomic mass is 32.2. The molecule has 48 valence electrons. The zero-order chi connectivity index (χ0) is 6.57. The third-order valence-corrected chi connectivity index (χ3v) is 0.461. The first-order valence-electron chi connectivity index (χ1n) is 1.49. The first kappa shape index (κ1) is 7.18. The van der Waals surface area contributed by atoms with Crippen LogP contribution in [0.5, 0.6) is 0 Å². The van der Waals surface area contributed by atoms with Gasteiger partial charge in [-0.2, -0.15) is 5.48 Å². The van der Waals surface area contributed by atoms with Crippen LogP contribution in [0.15, 0.2) is 0 Å². The van der Waals surface area contributed by atoms with Gasteiger partial charge in [0.15, 0.2) is 0 Å². The number of hydrogen-bond donors (Lipinski definition) is 3. The summed E-state index contributed by atoms with van der Waals surface area (Å²) in [5, 5.41) is 0. The van der Waals surface area contributed by atoms with E-state index in [1.54, 1.807) is 0 Å². The topological polar surface area (TPSA) is 98.5 Å². The van der Waals surface area contributed by atoms with Gasteiger partial charge in [0.05, 0.1) is 0 Å². The molecule has 0 aliphatic rings. The molecule has 0 saturated heterocycles. The predicted molar refractivity (Wildman–Crippen MR) is 24.1 cm³/mol. The van der Waals surface area contributed by atoms with Crippen molar-refractivity contribution in [3.63, 3.8) is 0 Å². The number of amides is 2. The molecule has 0 aliphatic carbocycles. The molecule has 0 aromatic heterocycles. The van der Waals surface area contributed by atoms with Crippen LogP contribution in [0.4, 0.5) is 4.79 Å². The van der Waals surface area contributed by atoms with E-state index in [9.17, 15) is 13.2 Å². The summed E-state index contributed by atoms with van der Waals surface area (Å²) in [5.41, 5.74) is 5.79. The number of carbonyl (C=O) groups excluding carboxylic acids is 1. The Hall–Kier alpha value is -0.820. The van der Waals surface area contributed by atoms with Crippen molar-refractivity contribution in [1.29, 1.82) is 0 Å². The Morgan fingerprint density at radius 1 is 1.62 bits per heavy atom. The van der Waals surface area contributed by atoms with Gasteiger partial charge in [0.1, 0.15) is 0 Å². The van der Waals surface area contributed by atoms with E-state index in [2.05, 4.69) is 10.0 Å². The zero-order valence-corrected chi connectivity index (χ0v) is 4.55. The summed E-state index contributed by atoms with van der Waals surface area (Å²) < 4.78 is 22.4. The summed E-state index contributed by atoms with van der Waals surface area (Å²) in [7, 11) is -3.04. The second kappa shape index (κ2) is 3.22. The number of hydrogen-bond acceptors (Lipinski definition) is 4. The van der Waals surface area contributed by atoms with Gasteiger partial charge in [-0.3, -0.25) is 0 Å². The van der Waals surface area contributed by atoms with E-state index in [0.29, 0.717) is 0 Å². The Bertz CT molecular complexity index is 142. The fourth-order valence-corrected chi connectivity index (χ4v) is 0.247. The van der Waals surface area contributed by atoms with E-state index in [1.165, 1.54) is 5.48 Å². The van der Waals surface area contributed by atoms with Gasteiger partial charge in [0.25, 0.3) is 11.0 Å². The molecule has 3 N–H and O–H groups in total. The number of thiol groups is 1. The van der Waals surface area contributed by atoms with Crippen molar-refractivity contribution in [3.8, 4) is 0 Å². The first-order chi connectivity index (χ1) is 3.63. The minimum atomic E-state index is -3.04. The Kier molecular flexibility index (Phi) is 2.89. The van der Waals surface area contributed by atoms with Crippen molar-refractivity contribution in [2.75, 3.05) is 0 Å². The molecule has 0 atom stereocenters. The molecule has 0 saturated carbocycles. The minimum absolute atomic E-state index is 1.05. The molecule has 0 aliphatic heterocycles. The van der Waals surface area contributed by atoms with Crippen LogP contribution >= 0.6 is 0 Å². The van der Waals surface area contributed by atoms with Crippen molar-refractivity contribution in [2.24, 2.45) is 5.73 Å². The Balaban J connectivity index is 3.32. The highest BCUT2D eigenvalue weighted by Crippen LogP contribution is 1.60. The second-order valence-corrected chi connectivity index (χ2v) is 1.41. The molecule has 0 rings (SSSR count). The monoisotopic (exact) mass is 140 g/mol. The highest BCUT2D eigenvalue weighted by molar-refractivity contribution is 7.67. The molecular formula is CH4N2O4S. The largest absolute Gasteiger partial charge is 0.350 e. The second-order valence-electron chi connectivity index (χ2n) is 0.781. The molecule has 0 aromatic rings. The molecule has 0 bridgehead atoms. The van der Waals surface area contributed by atoms with Crippen molar-refractivity contribution < 1.29 is 17.5 Å². The number of hydroxylamine groups is 1. The molecule has 0 aromatic carbocycles. The van der Waals surface area contributed by atoms with Crippen LogP contribution in [0.2, 0.25) is 0 Å². The number of urea groups is 1. The fraction of sp³-hybridized carbons (Fsp3) is 0. The highest BCUT2D eigenvalue weighted by Gasteiger charge is 1.87. The Morgan fingerprint density at radius 2 is 2.12 bits per heavy atom. The third-order valence-electron chi connectivity index (χ3n) is 0.221. The van der Waals surface area contributed by atoms with E-state index < -0.39 is 17.0 Å².